The molecule has 7 heteroatoms. The second kappa shape index (κ2) is 10.3. The van der Waals surface area contributed by atoms with Crippen LogP contribution in [0, 0.1) is 24.2 Å². The van der Waals surface area contributed by atoms with Gasteiger partial charge in [-0.2, -0.15) is 8.42 Å². The standard InChI is InChI=1S/C31H41NO5S/c1-6-37-29(32-38(33,34)24-11-7-21(2)8-12-24)20-31(36-5)18-16-28-27-13-9-22-19-23(35-4)10-14-25(22)26(27)15-17-30(28,31)3/h7-8,10-12,14,19,26-28H,6,9,13,15-18,20H2,1-5H3/b32-29+/t26-,27-,28+,30+,31-/m1/s1. The molecule has 0 aliphatic heterocycles. The molecule has 2 fully saturated rings. The Morgan fingerprint density at radius 1 is 1.05 bits per heavy atom. The molecule has 3 aliphatic rings. The van der Waals surface area contributed by atoms with E-state index in [4.69, 9.17) is 14.2 Å². The predicted octanol–water partition coefficient (Wildman–Crippen LogP) is 6.46. The van der Waals surface area contributed by atoms with Crippen molar-refractivity contribution in [1.29, 1.82) is 0 Å². The second-order valence-corrected chi connectivity index (χ2v) is 13.2. The van der Waals surface area contributed by atoms with Gasteiger partial charge in [0.1, 0.15) is 5.75 Å². The van der Waals surface area contributed by atoms with Gasteiger partial charge in [-0.15, -0.1) is 4.40 Å². The highest BCUT2D eigenvalue weighted by atomic mass is 32.2. The van der Waals surface area contributed by atoms with Crippen LogP contribution < -0.4 is 4.74 Å². The van der Waals surface area contributed by atoms with Crippen LogP contribution in [0.2, 0.25) is 0 Å². The maximum Gasteiger partial charge on any atom is 0.285 e. The number of hydrogen-bond donors (Lipinski definition) is 0. The molecule has 0 saturated heterocycles. The molecule has 0 N–H and O–H groups in total. The van der Waals surface area contributed by atoms with Crippen molar-refractivity contribution in [3.63, 3.8) is 0 Å². The molecular weight excluding hydrogens is 498 g/mol. The van der Waals surface area contributed by atoms with Gasteiger partial charge in [-0.25, -0.2) is 0 Å². The number of aryl methyl sites for hydroxylation is 2. The third-order valence-corrected chi connectivity index (χ3v) is 11.2. The predicted molar refractivity (Wildman–Crippen MR) is 149 cm³/mol. The molecule has 0 radical (unpaired) electrons. The fraction of sp³-hybridized carbons (Fsp3) is 0.581. The van der Waals surface area contributed by atoms with Crippen LogP contribution in [0.25, 0.3) is 0 Å². The Bertz CT molecular complexity index is 1300. The van der Waals surface area contributed by atoms with E-state index >= 15 is 0 Å². The molecule has 0 heterocycles. The number of sulfonamides is 1. The summed E-state index contributed by atoms with van der Waals surface area (Å²) in [5.74, 6) is 2.84. The van der Waals surface area contributed by atoms with Crippen LogP contribution in [0.1, 0.15) is 75.0 Å². The minimum Gasteiger partial charge on any atom is -0.497 e. The molecule has 0 bridgehead atoms. The van der Waals surface area contributed by atoms with E-state index in [-0.39, 0.29) is 16.2 Å². The highest BCUT2D eigenvalue weighted by Crippen LogP contribution is 2.66. The van der Waals surface area contributed by atoms with Gasteiger partial charge in [0.05, 0.1) is 30.6 Å². The first-order valence-electron chi connectivity index (χ1n) is 13.9. The van der Waals surface area contributed by atoms with Gasteiger partial charge in [0, 0.05) is 12.5 Å². The molecule has 0 spiro atoms. The number of hydrogen-bond acceptors (Lipinski definition) is 5. The normalized spacial score (nSPS) is 30.8. The number of fused-ring (bicyclic) bond motifs is 5. The Hall–Kier alpha value is -2.38. The highest BCUT2D eigenvalue weighted by Gasteiger charge is 2.62. The maximum absolute atomic E-state index is 13.2. The maximum atomic E-state index is 13.2. The molecule has 38 heavy (non-hydrogen) atoms. The largest absolute Gasteiger partial charge is 0.497 e. The van der Waals surface area contributed by atoms with E-state index in [9.17, 15) is 8.42 Å². The third-order valence-electron chi connectivity index (χ3n) is 9.90. The van der Waals surface area contributed by atoms with Crippen molar-refractivity contribution in [3.05, 3.63) is 59.2 Å². The van der Waals surface area contributed by atoms with E-state index in [2.05, 4.69) is 29.5 Å². The lowest BCUT2D eigenvalue weighted by molar-refractivity contribution is -0.123. The Morgan fingerprint density at radius 3 is 2.50 bits per heavy atom. The molecule has 206 valence electrons. The summed E-state index contributed by atoms with van der Waals surface area (Å²) in [6, 6.07) is 13.4. The van der Waals surface area contributed by atoms with Gasteiger partial charge >= 0.3 is 0 Å². The molecule has 2 aromatic carbocycles. The van der Waals surface area contributed by atoms with Crippen LogP contribution in [-0.2, 0) is 25.9 Å². The summed E-state index contributed by atoms with van der Waals surface area (Å²) in [5.41, 5.74) is 3.32. The van der Waals surface area contributed by atoms with Crippen LogP contribution in [0.15, 0.2) is 51.8 Å². The van der Waals surface area contributed by atoms with Gasteiger partial charge < -0.3 is 14.2 Å². The number of nitrogens with zero attached hydrogens (tertiary/aromatic N) is 1. The van der Waals surface area contributed by atoms with Crippen LogP contribution in [0.5, 0.6) is 5.75 Å². The van der Waals surface area contributed by atoms with Crippen molar-refractivity contribution in [2.45, 2.75) is 82.1 Å². The SMILES string of the molecule is CCO/C(C[C@]1(OC)CC[C@H]2[C@@H]3CCc4cc(OC)ccc4[C@H]3CC[C@@]21C)=N/S(=O)(=O)c1ccc(C)cc1. The van der Waals surface area contributed by atoms with Crippen molar-refractivity contribution >= 4 is 15.9 Å². The lowest BCUT2D eigenvalue weighted by Gasteiger charge is -2.54. The van der Waals surface area contributed by atoms with E-state index in [1.165, 1.54) is 17.5 Å². The fourth-order valence-electron chi connectivity index (χ4n) is 7.89. The second-order valence-electron chi connectivity index (χ2n) is 11.6. The molecule has 0 aromatic heterocycles. The van der Waals surface area contributed by atoms with Gasteiger partial charge in [-0.05, 0) is 106 Å². The summed E-state index contributed by atoms with van der Waals surface area (Å²) >= 11 is 0. The van der Waals surface area contributed by atoms with E-state index in [1.807, 2.05) is 13.8 Å². The third kappa shape index (κ3) is 4.56. The average molecular weight is 540 g/mol. The Morgan fingerprint density at radius 2 is 1.82 bits per heavy atom. The summed E-state index contributed by atoms with van der Waals surface area (Å²) in [6.45, 7) is 6.52. The van der Waals surface area contributed by atoms with Gasteiger partial charge in [-0.1, -0.05) is 30.7 Å². The zero-order valence-electron chi connectivity index (χ0n) is 23.3. The molecule has 2 saturated carbocycles. The minimum absolute atomic E-state index is 0.0849. The number of methoxy groups -OCH3 is 2. The Kier molecular flexibility index (Phi) is 7.38. The molecule has 3 aliphatic carbocycles. The first kappa shape index (κ1) is 27.2. The van der Waals surface area contributed by atoms with E-state index < -0.39 is 15.6 Å². The Balaban J connectivity index is 1.44. The zero-order chi connectivity index (χ0) is 27.1. The van der Waals surface area contributed by atoms with Gasteiger partial charge in [0.2, 0.25) is 5.90 Å². The van der Waals surface area contributed by atoms with Crippen LogP contribution >= 0.6 is 0 Å². The van der Waals surface area contributed by atoms with Gasteiger partial charge in [-0.3, -0.25) is 0 Å². The molecule has 5 rings (SSSR count). The van der Waals surface area contributed by atoms with E-state index in [0.29, 0.717) is 30.8 Å². The summed E-state index contributed by atoms with van der Waals surface area (Å²) in [4.78, 5) is 0.181. The molecule has 2 aromatic rings. The molecule has 5 atom stereocenters. The summed E-state index contributed by atoms with van der Waals surface area (Å²) in [7, 11) is -0.377. The lowest BCUT2D eigenvalue weighted by Crippen LogP contribution is -2.53. The zero-order valence-corrected chi connectivity index (χ0v) is 24.1. The van der Waals surface area contributed by atoms with Crippen LogP contribution in [0.3, 0.4) is 0 Å². The smallest absolute Gasteiger partial charge is 0.285 e. The highest BCUT2D eigenvalue weighted by molar-refractivity contribution is 7.90. The quantitative estimate of drug-likeness (QED) is 0.298. The Labute approximate surface area is 227 Å². The van der Waals surface area contributed by atoms with E-state index in [0.717, 1.165) is 43.4 Å². The van der Waals surface area contributed by atoms with Gasteiger partial charge in [0.25, 0.3) is 10.0 Å². The lowest BCUT2D eigenvalue weighted by atomic mass is 9.53. The average Bonchev–Trinajstić information content (AvgIpc) is 3.20. The van der Waals surface area contributed by atoms with Gasteiger partial charge in [0.15, 0.2) is 0 Å². The summed E-state index contributed by atoms with van der Waals surface area (Å²) in [6.07, 6.45) is 6.68. The molecule has 6 nitrogen and oxygen atoms in total. The molecule has 0 amide bonds. The summed E-state index contributed by atoms with van der Waals surface area (Å²) < 4.78 is 48.4. The minimum atomic E-state index is -3.89. The molecular formula is C31H41NO5S. The van der Waals surface area contributed by atoms with Crippen molar-refractivity contribution in [3.8, 4) is 5.75 Å². The first-order chi connectivity index (χ1) is 18.2. The molecule has 0 unspecified atom stereocenters. The fourth-order valence-corrected chi connectivity index (χ4v) is 8.86. The monoisotopic (exact) mass is 539 g/mol. The number of benzene rings is 2. The van der Waals surface area contributed by atoms with Crippen molar-refractivity contribution in [2.24, 2.45) is 21.6 Å². The first-order valence-corrected chi connectivity index (χ1v) is 15.4. The van der Waals surface area contributed by atoms with Crippen molar-refractivity contribution < 1.29 is 22.6 Å². The van der Waals surface area contributed by atoms with E-state index in [1.54, 1.807) is 38.5 Å². The number of rotatable bonds is 7. The van der Waals surface area contributed by atoms with Crippen LogP contribution in [0.4, 0.5) is 0 Å². The number of ether oxygens (including phenoxy) is 3. The van der Waals surface area contributed by atoms with Crippen molar-refractivity contribution in [1.82, 2.24) is 0 Å². The topological polar surface area (TPSA) is 74.2 Å². The van der Waals surface area contributed by atoms with Crippen molar-refractivity contribution in [2.75, 3.05) is 20.8 Å². The summed E-state index contributed by atoms with van der Waals surface area (Å²) in [5, 5.41) is 0. The van der Waals surface area contributed by atoms with Crippen LogP contribution in [-0.4, -0.2) is 40.7 Å².